The van der Waals surface area contributed by atoms with Crippen LogP contribution in [-0.4, -0.2) is 47.3 Å². The van der Waals surface area contributed by atoms with Crippen LogP contribution in [0.2, 0.25) is 15.1 Å². The predicted molar refractivity (Wildman–Crippen MR) is 152 cm³/mol. The Bertz CT molecular complexity index is 1520. The summed E-state index contributed by atoms with van der Waals surface area (Å²) in [6.45, 7) is 2.22. The lowest BCUT2D eigenvalue weighted by atomic mass is 9.99. The van der Waals surface area contributed by atoms with Gasteiger partial charge in [0.25, 0.3) is 0 Å². The molecular weight excluding hydrogens is 583 g/mol. The van der Waals surface area contributed by atoms with Crippen LogP contribution in [0, 0.1) is 11.6 Å². The monoisotopic (exact) mass is 605 g/mol. The summed E-state index contributed by atoms with van der Waals surface area (Å²) in [5.41, 5.74) is 15.1. The van der Waals surface area contributed by atoms with Gasteiger partial charge in [-0.05, 0) is 48.0 Å². The van der Waals surface area contributed by atoms with Crippen molar-refractivity contribution in [3.63, 3.8) is 0 Å². The van der Waals surface area contributed by atoms with Crippen molar-refractivity contribution in [2.75, 3.05) is 26.3 Å². The Morgan fingerprint density at radius 3 is 2.23 bits per heavy atom. The zero-order valence-electron chi connectivity index (χ0n) is 21.0. The third-order valence-electron chi connectivity index (χ3n) is 6.45. The van der Waals surface area contributed by atoms with Crippen molar-refractivity contribution < 1.29 is 18.3 Å². The summed E-state index contributed by atoms with van der Waals surface area (Å²) in [6.07, 6.45) is -0.644. The molecule has 0 bridgehead atoms. The molecule has 12 heteroatoms. The van der Waals surface area contributed by atoms with Gasteiger partial charge in [0.05, 0.1) is 41.7 Å². The molecule has 40 heavy (non-hydrogen) atoms. The highest BCUT2D eigenvalue weighted by Crippen LogP contribution is 2.42. The van der Waals surface area contributed by atoms with Gasteiger partial charge in [-0.25, -0.2) is 13.8 Å². The van der Waals surface area contributed by atoms with E-state index in [9.17, 15) is 8.78 Å². The van der Waals surface area contributed by atoms with Crippen LogP contribution in [0.15, 0.2) is 60.7 Å². The lowest BCUT2D eigenvalue weighted by Crippen LogP contribution is -2.53. The average molecular weight is 607 g/mol. The van der Waals surface area contributed by atoms with E-state index in [4.69, 9.17) is 60.7 Å². The molecule has 5 rings (SSSR count). The summed E-state index contributed by atoms with van der Waals surface area (Å²) >= 11 is 19.0. The van der Waals surface area contributed by atoms with Crippen molar-refractivity contribution in [3.05, 3.63) is 93.2 Å². The molecule has 2 atom stereocenters. The number of nitrogens with two attached hydrogens (primary N) is 2. The minimum Gasteiger partial charge on any atom is -0.438 e. The van der Waals surface area contributed by atoms with Gasteiger partial charge in [0.15, 0.2) is 17.5 Å². The van der Waals surface area contributed by atoms with Gasteiger partial charge in [-0.15, -0.1) is 0 Å². The van der Waals surface area contributed by atoms with Crippen molar-refractivity contribution in [1.29, 1.82) is 0 Å². The lowest BCUT2D eigenvalue weighted by molar-refractivity contribution is 0.0116. The molecule has 0 radical (unpaired) electrons. The number of hydrogen-bond acceptors (Lipinski definition) is 7. The van der Waals surface area contributed by atoms with Gasteiger partial charge in [-0.2, -0.15) is 4.98 Å². The number of hydrogen-bond donors (Lipinski definition) is 2. The molecule has 1 fully saturated rings. The van der Waals surface area contributed by atoms with Crippen molar-refractivity contribution >= 4 is 34.8 Å². The maximum Gasteiger partial charge on any atom is 0.231 e. The first-order chi connectivity index (χ1) is 19.2. The number of benzene rings is 3. The van der Waals surface area contributed by atoms with Gasteiger partial charge >= 0.3 is 0 Å². The molecule has 4 aromatic rings. The summed E-state index contributed by atoms with van der Waals surface area (Å²) < 4.78 is 39.3. The fraction of sp³-hybridized carbons (Fsp3) is 0.214. The van der Waals surface area contributed by atoms with Gasteiger partial charge in [0.2, 0.25) is 5.88 Å². The Hall–Kier alpha value is -2.89. The fourth-order valence-corrected chi connectivity index (χ4v) is 4.96. The van der Waals surface area contributed by atoms with Gasteiger partial charge in [-0.3, -0.25) is 4.90 Å². The van der Waals surface area contributed by atoms with Gasteiger partial charge in [-0.1, -0.05) is 46.9 Å². The van der Waals surface area contributed by atoms with Crippen molar-refractivity contribution in [2.45, 2.75) is 12.2 Å². The smallest absolute Gasteiger partial charge is 0.231 e. The molecule has 2 heterocycles. The number of ether oxygens (including phenoxy) is 2. The summed E-state index contributed by atoms with van der Waals surface area (Å²) in [4.78, 5) is 11.5. The van der Waals surface area contributed by atoms with Gasteiger partial charge < -0.3 is 20.9 Å². The number of morpholine rings is 1. The van der Waals surface area contributed by atoms with Crippen LogP contribution < -0.4 is 16.2 Å². The molecule has 1 aliphatic heterocycles. The highest BCUT2D eigenvalue weighted by molar-refractivity contribution is 6.36. The second kappa shape index (κ2) is 12.3. The molecule has 3 aromatic carbocycles. The van der Waals surface area contributed by atoms with E-state index in [0.29, 0.717) is 63.8 Å². The number of rotatable bonds is 7. The maximum absolute atomic E-state index is 14.1. The van der Waals surface area contributed by atoms with E-state index in [2.05, 4.69) is 4.98 Å². The van der Waals surface area contributed by atoms with Crippen LogP contribution in [0.25, 0.3) is 22.4 Å². The Morgan fingerprint density at radius 1 is 0.850 bits per heavy atom. The lowest BCUT2D eigenvalue weighted by Gasteiger charge is -2.34. The molecule has 7 nitrogen and oxygen atoms in total. The SMILES string of the molecule is NC(c1nc(Oc2ccc(F)c(F)c2)c(-c2ccc(Cl)cc2)c(-c2ccc(Cl)cc2Cl)n1)C(N)N1CCOCC1. The first kappa shape index (κ1) is 28.6. The zero-order chi connectivity index (χ0) is 28.4. The molecule has 0 spiro atoms. The van der Waals surface area contributed by atoms with E-state index in [1.165, 1.54) is 6.07 Å². The van der Waals surface area contributed by atoms with E-state index in [-0.39, 0.29) is 17.5 Å². The molecule has 1 saturated heterocycles. The first-order valence-corrected chi connectivity index (χ1v) is 13.4. The third kappa shape index (κ3) is 6.21. The molecule has 208 valence electrons. The largest absolute Gasteiger partial charge is 0.438 e. The molecule has 0 saturated carbocycles. The predicted octanol–water partition coefficient (Wildman–Crippen LogP) is 6.46. The molecule has 1 aliphatic rings. The van der Waals surface area contributed by atoms with Crippen LogP contribution >= 0.6 is 34.8 Å². The summed E-state index contributed by atoms with van der Waals surface area (Å²) in [5.74, 6) is -1.88. The minimum absolute atomic E-state index is 0.0120. The minimum atomic E-state index is -1.08. The van der Waals surface area contributed by atoms with Crippen LogP contribution in [0.1, 0.15) is 11.9 Å². The second-order valence-corrected chi connectivity index (χ2v) is 10.4. The molecular formula is C28H24Cl3F2N5O2. The number of aromatic nitrogens is 2. The molecule has 4 N–H and O–H groups in total. The van der Waals surface area contributed by atoms with E-state index in [1.807, 2.05) is 4.90 Å². The fourth-order valence-electron chi connectivity index (χ4n) is 4.34. The zero-order valence-corrected chi connectivity index (χ0v) is 23.2. The van der Waals surface area contributed by atoms with Crippen LogP contribution in [0.3, 0.4) is 0 Å². The molecule has 0 amide bonds. The highest BCUT2D eigenvalue weighted by atomic mass is 35.5. The molecule has 0 aliphatic carbocycles. The topological polar surface area (TPSA) is 99.5 Å². The van der Waals surface area contributed by atoms with Gasteiger partial charge in [0, 0.05) is 34.8 Å². The number of nitrogens with zero attached hydrogens (tertiary/aromatic N) is 3. The first-order valence-electron chi connectivity index (χ1n) is 12.3. The quantitative estimate of drug-likeness (QED) is 0.249. The van der Waals surface area contributed by atoms with Crippen molar-refractivity contribution in [1.82, 2.24) is 14.9 Å². The normalized spacial score (nSPS) is 15.6. The third-order valence-corrected chi connectivity index (χ3v) is 7.25. The number of halogens is 5. The maximum atomic E-state index is 14.1. The van der Waals surface area contributed by atoms with Crippen LogP contribution in [0.4, 0.5) is 8.78 Å². The standard InChI is InChI=1S/C28H24Cl3F2N5O2/c29-16-3-1-15(2-4-16)23-25(19-7-5-17(30)13-20(19)31)36-27(24(34)26(35)38-9-11-39-12-10-38)37-28(23)40-18-6-8-21(32)22(33)14-18/h1-8,13-14,24,26H,9-12,34-35H2. The Balaban J connectivity index is 1.72. The molecule has 1 aromatic heterocycles. The van der Waals surface area contributed by atoms with E-state index < -0.39 is 23.8 Å². The molecule has 2 unspecified atom stereocenters. The highest BCUT2D eigenvalue weighted by Gasteiger charge is 2.29. The Kier molecular flexibility index (Phi) is 8.82. The van der Waals surface area contributed by atoms with Crippen LogP contribution in [0.5, 0.6) is 11.6 Å². The summed E-state index contributed by atoms with van der Waals surface area (Å²) in [5, 5.41) is 1.26. The van der Waals surface area contributed by atoms with Gasteiger partial charge in [0.1, 0.15) is 5.75 Å². The summed E-state index contributed by atoms with van der Waals surface area (Å²) in [7, 11) is 0. The van der Waals surface area contributed by atoms with E-state index >= 15 is 0 Å². The van der Waals surface area contributed by atoms with E-state index in [1.54, 1.807) is 42.5 Å². The van der Waals surface area contributed by atoms with Crippen molar-refractivity contribution in [2.24, 2.45) is 11.5 Å². The second-order valence-electron chi connectivity index (χ2n) is 9.08. The average Bonchev–Trinajstić information content (AvgIpc) is 2.95. The Morgan fingerprint density at radius 2 is 1.55 bits per heavy atom. The Labute approximate surface area is 244 Å². The van der Waals surface area contributed by atoms with Crippen molar-refractivity contribution in [3.8, 4) is 34.0 Å². The summed E-state index contributed by atoms with van der Waals surface area (Å²) in [6, 6.07) is 14.2. The van der Waals surface area contributed by atoms with E-state index in [0.717, 1.165) is 12.1 Å². The van der Waals surface area contributed by atoms with Crippen LogP contribution in [-0.2, 0) is 4.74 Å².